The summed E-state index contributed by atoms with van der Waals surface area (Å²) in [7, 11) is 0. The molecule has 2 rings (SSSR count). The molecule has 2 heterocycles. The number of hydrogen-bond acceptors (Lipinski definition) is 4. The lowest BCUT2D eigenvalue weighted by Gasteiger charge is -2.40. The molecule has 0 aromatic rings. The fraction of sp³-hybridized carbons (Fsp3) is 0.929. The first-order valence-electron chi connectivity index (χ1n) is 7.41. The van der Waals surface area contributed by atoms with Crippen LogP contribution in [0.1, 0.15) is 38.5 Å². The van der Waals surface area contributed by atoms with Gasteiger partial charge in [0, 0.05) is 12.6 Å². The zero-order valence-electron chi connectivity index (χ0n) is 11.4. The Balaban J connectivity index is 1.66. The van der Waals surface area contributed by atoms with Gasteiger partial charge in [-0.15, -0.1) is 0 Å². The molecule has 0 aromatic carbocycles. The molecule has 2 fully saturated rings. The second-order valence-corrected chi connectivity index (χ2v) is 5.69. The average molecular weight is 250 g/mol. The lowest BCUT2D eigenvalue weighted by atomic mass is 9.99. The van der Waals surface area contributed by atoms with Crippen molar-refractivity contribution in [2.75, 3.05) is 32.7 Å². The predicted octanol–water partition coefficient (Wildman–Crippen LogP) is 1.18. The van der Waals surface area contributed by atoms with E-state index < -0.39 is 0 Å². The molecular weight excluding hydrogens is 224 g/mol. The number of nitrogens with two attached hydrogens (primary N) is 1. The van der Waals surface area contributed by atoms with Crippen molar-refractivity contribution in [2.24, 2.45) is 5.73 Å². The first kappa shape index (κ1) is 13.8. The van der Waals surface area contributed by atoms with Gasteiger partial charge in [0.1, 0.15) is 0 Å². The Bertz CT molecular complexity index is 272. The Morgan fingerprint density at radius 2 is 1.78 bits per heavy atom. The summed E-state index contributed by atoms with van der Waals surface area (Å²) in [5.74, 6) is 0. The summed E-state index contributed by atoms with van der Waals surface area (Å²) in [5, 5.41) is 8.68. The molecule has 4 nitrogen and oxygen atoms in total. The van der Waals surface area contributed by atoms with E-state index in [0.29, 0.717) is 0 Å². The number of likely N-dealkylation sites (tertiary alicyclic amines) is 2. The number of nitriles is 1. The largest absolute Gasteiger partial charge is 0.316 e. The molecule has 1 unspecified atom stereocenters. The summed E-state index contributed by atoms with van der Waals surface area (Å²) in [5.41, 5.74) is 5.64. The van der Waals surface area contributed by atoms with Gasteiger partial charge in [-0.2, -0.15) is 5.26 Å². The molecule has 0 aromatic heterocycles. The molecule has 2 N–H and O–H groups in total. The van der Waals surface area contributed by atoms with Gasteiger partial charge < -0.3 is 15.5 Å². The zero-order valence-corrected chi connectivity index (χ0v) is 11.4. The lowest BCUT2D eigenvalue weighted by Crippen LogP contribution is -2.47. The van der Waals surface area contributed by atoms with Gasteiger partial charge >= 0.3 is 0 Å². The van der Waals surface area contributed by atoms with E-state index in [1.165, 1.54) is 58.3 Å². The molecule has 0 spiro atoms. The van der Waals surface area contributed by atoms with Crippen LogP contribution in [0.15, 0.2) is 0 Å². The fourth-order valence-electron chi connectivity index (χ4n) is 3.18. The lowest BCUT2D eigenvalue weighted by molar-refractivity contribution is 0.0918. The highest BCUT2D eigenvalue weighted by molar-refractivity contribution is 4.88. The summed E-state index contributed by atoms with van der Waals surface area (Å²) in [4.78, 5) is 5.17. The molecule has 0 amide bonds. The van der Waals surface area contributed by atoms with Crippen LogP contribution < -0.4 is 5.73 Å². The highest BCUT2D eigenvalue weighted by atomic mass is 15.2. The van der Waals surface area contributed by atoms with Crippen LogP contribution in [0.4, 0.5) is 0 Å². The third-order valence-electron chi connectivity index (χ3n) is 4.39. The first-order chi connectivity index (χ1) is 8.79. The van der Waals surface area contributed by atoms with Crippen molar-refractivity contribution in [3.63, 3.8) is 0 Å². The summed E-state index contributed by atoms with van der Waals surface area (Å²) in [6.45, 7) is 5.97. The molecule has 1 atom stereocenters. The Morgan fingerprint density at radius 3 is 2.39 bits per heavy atom. The predicted molar refractivity (Wildman–Crippen MR) is 73.1 cm³/mol. The van der Waals surface area contributed by atoms with Gasteiger partial charge in [0.15, 0.2) is 0 Å². The third kappa shape index (κ3) is 3.94. The van der Waals surface area contributed by atoms with Crippen molar-refractivity contribution >= 4 is 0 Å². The minimum Gasteiger partial charge on any atom is -0.316 e. The molecule has 0 bridgehead atoms. The molecule has 0 saturated carbocycles. The van der Waals surface area contributed by atoms with E-state index in [4.69, 9.17) is 11.0 Å². The van der Waals surface area contributed by atoms with Crippen LogP contribution >= 0.6 is 0 Å². The zero-order chi connectivity index (χ0) is 12.8. The molecule has 4 heteroatoms. The summed E-state index contributed by atoms with van der Waals surface area (Å²) in [6.07, 6.45) is 7.59. The van der Waals surface area contributed by atoms with Gasteiger partial charge in [-0.05, 0) is 58.3 Å². The highest BCUT2D eigenvalue weighted by Gasteiger charge is 2.25. The van der Waals surface area contributed by atoms with Crippen molar-refractivity contribution in [3.05, 3.63) is 0 Å². The van der Waals surface area contributed by atoms with E-state index in [1.54, 1.807) is 0 Å². The van der Waals surface area contributed by atoms with Crippen molar-refractivity contribution in [3.8, 4) is 6.07 Å². The Labute approximate surface area is 111 Å². The molecule has 2 aliphatic heterocycles. The van der Waals surface area contributed by atoms with Crippen molar-refractivity contribution < 1.29 is 0 Å². The van der Waals surface area contributed by atoms with Gasteiger partial charge in [-0.3, -0.25) is 0 Å². The smallest absolute Gasteiger partial charge is 0.0940 e. The van der Waals surface area contributed by atoms with Gasteiger partial charge in [-0.1, -0.05) is 6.42 Å². The van der Waals surface area contributed by atoms with Crippen LogP contribution in [0.25, 0.3) is 0 Å². The number of hydrogen-bond donors (Lipinski definition) is 1. The Kier molecular flexibility index (Phi) is 5.43. The monoisotopic (exact) mass is 250 g/mol. The minimum absolute atomic E-state index is 0.287. The molecular formula is C14H26N4. The second kappa shape index (κ2) is 7.08. The summed E-state index contributed by atoms with van der Waals surface area (Å²) >= 11 is 0. The molecule has 0 aliphatic carbocycles. The third-order valence-corrected chi connectivity index (χ3v) is 4.39. The van der Waals surface area contributed by atoms with Gasteiger partial charge in [-0.25, -0.2) is 0 Å². The molecule has 2 aliphatic rings. The van der Waals surface area contributed by atoms with Crippen molar-refractivity contribution in [1.29, 1.82) is 5.26 Å². The van der Waals surface area contributed by atoms with E-state index >= 15 is 0 Å². The quantitative estimate of drug-likeness (QED) is 0.814. The normalized spacial score (nSPS) is 25.8. The topological polar surface area (TPSA) is 56.3 Å². The Hall–Kier alpha value is -0.630. The standard InChI is InChI=1S/C14H26N4/c15-12-13(16)4-9-17-10-5-14(6-11-17)18-7-2-1-3-8-18/h13-14H,1-11,16H2. The van der Waals surface area contributed by atoms with Crippen molar-refractivity contribution in [1.82, 2.24) is 9.80 Å². The van der Waals surface area contributed by atoms with Crippen LogP contribution in [0, 0.1) is 11.3 Å². The van der Waals surface area contributed by atoms with Gasteiger partial charge in [0.25, 0.3) is 0 Å². The van der Waals surface area contributed by atoms with E-state index in [0.717, 1.165) is 19.0 Å². The number of nitrogens with zero attached hydrogens (tertiary/aromatic N) is 3. The van der Waals surface area contributed by atoms with Crippen LogP contribution in [0.3, 0.4) is 0 Å². The van der Waals surface area contributed by atoms with Crippen LogP contribution in [0.2, 0.25) is 0 Å². The van der Waals surface area contributed by atoms with E-state index in [-0.39, 0.29) is 6.04 Å². The van der Waals surface area contributed by atoms with Gasteiger partial charge in [0.2, 0.25) is 0 Å². The SMILES string of the molecule is N#CC(N)CCN1CCC(N2CCCCC2)CC1. The molecule has 102 valence electrons. The molecule has 2 saturated heterocycles. The van der Waals surface area contributed by atoms with Crippen LogP contribution in [0.5, 0.6) is 0 Å². The maximum atomic E-state index is 8.68. The average Bonchev–Trinajstić information content (AvgIpc) is 2.46. The van der Waals surface area contributed by atoms with Crippen molar-refractivity contribution in [2.45, 2.75) is 50.6 Å². The van der Waals surface area contributed by atoms with Crippen LogP contribution in [-0.4, -0.2) is 54.6 Å². The first-order valence-corrected chi connectivity index (χ1v) is 7.41. The highest BCUT2D eigenvalue weighted by Crippen LogP contribution is 2.20. The Morgan fingerprint density at radius 1 is 1.11 bits per heavy atom. The molecule has 0 radical (unpaired) electrons. The molecule has 18 heavy (non-hydrogen) atoms. The number of piperidine rings is 2. The maximum Gasteiger partial charge on any atom is 0.0940 e. The summed E-state index contributed by atoms with van der Waals surface area (Å²) in [6, 6.07) is 2.63. The summed E-state index contributed by atoms with van der Waals surface area (Å²) < 4.78 is 0. The number of rotatable bonds is 4. The fourth-order valence-corrected chi connectivity index (χ4v) is 3.18. The minimum atomic E-state index is -0.287. The van der Waals surface area contributed by atoms with E-state index in [2.05, 4.69) is 15.9 Å². The maximum absolute atomic E-state index is 8.68. The van der Waals surface area contributed by atoms with Gasteiger partial charge in [0.05, 0.1) is 12.1 Å². The second-order valence-electron chi connectivity index (χ2n) is 5.69. The van der Waals surface area contributed by atoms with E-state index in [9.17, 15) is 0 Å². The van der Waals surface area contributed by atoms with E-state index in [1.807, 2.05) is 0 Å². The van der Waals surface area contributed by atoms with Crippen LogP contribution in [-0.2, 0) is 0 Å².